The van der Waals surface area contributed by atoms with Crippen molar-refractivity contribution in [2.75, 3.05) is 46.5 Å². The lowest BCUT2D eigenvalue weighted by Gasteiger charge is -2.37. The van der Waals surface area contributed by atoms with Crippen LogP contribution in [0.1, 0.15) is 6.42 Å². The first-order valence-corrected chi connectivity index (χ1v) is 4.29. The van der Waals surface area contributed by atoms with Crippen LogP contribution in [0.4, 0.5) is 0 Å². The lowest BCUT2D eigenvalue weighted by atomic mass is 10.3. The standard InChI is InChI=1S/C8H18NO2.BrH/c1-9(3-2-6-10)4-7-11-8-5-9;/h10H,2-8H2,1H3;1H/q+1;/p-1. The maximum atomic E-state index is 8.67. The Morgan fingerprint density at radius 3 is 2.42 bits per heavy atom. The molecule has 0 unspecified atom stereocenters. The zero-order valence-electron chi connectivity index (χ0n) is 7.63. The molecule has 1 heterocycles. The van der Waals surface area contributed by atoms with Gasteiger partial charge in [-0.3, -0.25) is 0 Å². The summed E-state index contributed by atoms with van der Waals surface area (Å²) >= 11 is 0. The van der Waals surface area contributed by atoms with Gasteiger partial charge in [-0.05, 0) is 0 Å². The van der Waals surface area contributed by atoms with E-state index in [1.165, 1.54) is 0 Å². The third-order valence-corrected chi connectivity index (χ3v) is 2.41. The van der Waals surface area contributed by atoms with Crippen LogP contribution in [0.3, 0.4) is 0 Å². The van der Waals surface area contributed by atoms with Crippen molar-refractivity contribution in [1.82, 2.24) is 0 Å². The van der Waals surface area contributed by atoms with Gasteiger partial charge in [0, 0.05) is 13.0 Å². The molecule has 0 radical (unpaired) electrons. The second-order valence-corrected chi connectivity index (χ2v) is 3.48. The summed E-state index contributed by atoms with van der Waals surface area (Å²) in [6.45, 7) is 5.35. The molecule has 1 aliphatic heterocycles. The van der Waals surface area contributed by atoms with Gasteiger partial charge in [-0.15, -0.1) is 0 Å². The molecule has 1 N–H and O–H groups in total. The van der Waals surface area contributed by atoms with Crippen molar-refractivity contribution in [3.8, 4) is 0 Å². The minimum absolute atomic E-state index is 0. The van der Waals surface area contributed by atoms with Crippen LogP contribution in [-0.4, -0.2) is 56.1 Å². The van der Waals surface area contributed by atoms with Crippen LogP contribution in [-0.2, 0) is 4.74 Å². The molecule has 0 aromatic heterocycles. The molecule has 0 atom stereocenters. The molecule has 0 amide bonds. The van der Waals surface area contributed by atoms with E-state index in [1.54, 1.807) is 0 Å². The topological polar surface area (TPSA) is 29.5 Å². The Labute approximate surface area is 84.7 Å². The first-order chi connectivity index (χ1) is 5.27. The number of hydrogen-bond donors (Lipinski definition) is 1. The van der Waals surface area contributed by atoms with Crippen LogP contribution in [0.15, 0.2) is 0 Å². The lowest BCUT2D eigenvalue weighted by molar-refractivity contribution is -0.917. The third-order valence-electron chi connectivity index (χ3n) is 2.41. The van der Waals surface area contributed by atoms with E-state index in [0.717, 1.165) is 43.8 Å². The van der Waals surface area contributed by atoms with E-state index in [2.05, 4.69) is 7.05 Å². The molecule has 0 aromatic rings. The average molecular weight is 240 g/mol. The van der Waals surface area contributed by atoms with Crippen LogP contribution in [0, 0.1) is 0 Å². The molecule has 0 aromatic carbocycles. The molecular formula is C8H18BrNO2. The van der Waals surface area contributed by atoms with Gasteiger partial charge < -0.3 is 31.3 Å². The fraction of sp³-hybridized carbons (Fsp3) is 1.00. The molecule has 0 bridgehead atoms. The Balaban J connectivity index is 0.00000121. The van der Waals surface area contributed by atoms with Crippen molar-refractivity contribution >= 4 is 0 Å². The van der Waals surface area contributed by atoms with Crippen LogP contribution in [0.2, 0.25) is 0 Å². The van der Waals surface area contributed by atoms with Crippen LogP contribution in [0.5, 0.6) is 0 Å². The number of nitrogens with zero attached hydrogens (tertiary/aromatic N) is 1. The molecule has 0 saturated carbocycles. The largest absolute Gasteiger partial charge is 1.00 e. The summed E-state index contributed by atoms with van der Waals surface area (Å²) in [7, 11) is 2.23. The normalized spacial score (nSPS) is 21.5. The summed E-state index contributed by atoms with van der Waals surface area (Å²) in [5.74, 6) is 0. The highest BCUT2D eigenvalue weighted by atomic mass is 79.9. The van der Waals surface area contributed by atoms with Crippen molar-refractivity contribution < 1.29 is 31.3 Å². The van der Waals surface area contributed by atoms with E-state index in [0.29, 0.717) is 6.61 Å². The summed E-state index contributed by atoms with van der Waals surface area (Å²) in [6.07, 6.45) is 0.913. The number of hydrogen-bond acceptors (Lipinski definition) is 2. The maximum absolute atomic E-state index is 8.67. The van der Waals surface area contributed by atoms with Crippen LogP contribution in [0.25, 0.3) is 0 Å². The van der Waals surface area contributed by atoms with E-state index in [4.69, 9.17) is 9.84 Å². The van der Waals surface area contributed by atoms with Gasteiger partial charge in [-0.2, -0.15) is 0 Å². The molecule has 12 heavy (non-hydrogen) atoms. The number of aliphatic hydroxyl groups is 1. The zero-order valence-corrected chi connectivity index (χ0v) is 9.22. The highest BCUT2D eigenvalue weighted by Gasteiger charge is 2.23. The Kier molecular flexibility index (Phi) is 6.09. The van der Waals surface area contributed by atoms with E-state index >= 15 is 0 Å². The van der Waals surface area contributed by atoms with E-state index < -0.39 is 0 Å². The van der Waals surface area contributed by atoms with Gasteiger partial charge in [0.1, 0.15) is 13.1 Å². The van der Waals surface area contributed by atoms with Crippen molar-refractivity contribution in [2.45, 2.75) is 6.42 Å². The SMILES string of the molecule is C[N+]1(CCCO)CCOCC1.[Br-]. The number of aliphatic hydroxyl groups excluding tert-OH is 1. The number of morpholine rings is 1. The first-order valence-electron chi connectivity index (χ1n) is 4.29. The second-order valence-electron chi connectivity index (χ2n) is 3.48. The van der Waals surface area contributed by atoms with Crippen molar-refractivity contribution in [2.24, 2.45) is 0 Å². The number of likely N-dealkylation sites (N-methyl/N-ethyl adjacent to an activating group) is 1. The molecule has 74 valence electrons. The monoisotopic (exact) mass is 239 g/mol. The van der Waals surface area contributed by atoms with Gasteiger partial charge in [-0.1, -0.05) is 0 Å². The molecule has 1 aliphatic rings. The number of rotatable bonds is 3. The Hall–Kier alpha value is 0.360. The highest BCUT2D eigenvalue weighted by molar-refractivity contribution is 4.46. The molecule has 3 nitrogen and oxygen atoms in total. The summed E-state index contributed by atoms with van der Waals surface area (Å²) in [6, 6.07) is 0. The van der Waals surface area contributed by atoms with Crippen LogP contribution < -0.4 is 17.0 Å². The molecular weight excluding hydrogens is 222 g/mol. The summed E-state index contributed by atoms with van der Waals surface area (Å²) < 4.78 is 6.34. The fourth-order valence-corrected chi connectivity index (χ4v) is 1.46. The van der Waals surface area contributed by atoms with Gasteiger partial charge in [0.25, 0.3) is 0 Å². The van der Waals surface area contributed by atoms with Gasteiger partial charge in [0.15, 0.2) is 0 Å². The third kappa shape index (κ3) is 3.85. The minimum atomic E-state index is 0. The van der Waals surface area contributed by atoms with Gasteiger partial charge in [0.2, 0.25) is 0 Å². The van der Waals surface area contributed by atoms with E-state index in [1.807, 2.05) is 0 Å². The first kappa shape index (κ1) is 12.4. The Morgan fingerprint density at radius 2 is 1.92 bits per heavy atom. The predicted octanol–water partition coefficient (Wildman–Crippen LogP) is -3.15. The molecule has 1 saturated heterocycles. The smallest absolute Gasteiger partial charge is 0.102 e. The highest BCUT2D eigenvalue weighted by Crippen LogP contribution is 2.07. The minimum Gasteiger partial charge on any atom is -1.00 e. The van der Waals surface area contributed by atoms with E-state index in [-0.39, 0.29) is 17.0 Å². The second kappa shape index (κ2) is 5.91. The average Bonchev–Trinajstić information content (AvgIpc) is 2.03. The number of halogens is 1. The maximum Gasteiger partial charge on any atom is 0.102 e. The summed E-state index contributed by atoms with van der Waals surface area (Å²) in [5, 5.41) is 8.67. The van der Waals surface area contributed by atoms with Crippen molar-refractivity contribution in [3.05, 3.63) is 0 Å². The molecule has 1 fully saturated rings. The number of ether oxygens (including phenoxy) is 1. The fourth-order valence-electron chi connectivity index (χ4n) is 1.46. The number of quaternary nitrogens is 1. The van der Waals surface area contributed by atoms with Gasteiger partial charge in [-0.25, -0.2) is 0 Å². The molecule has 4 heteroatoms. The predicted molar refractivity (Wildman–Crippen MR) is 43.3 cm³/mol. The van der Waals surface area contributed by atoms with Crippen molar-refractivity contribution in [1.29, 1.82) is 0 Å². The Bertz CT molecular complexity index is 116. The Morgan fingerprint density at radius 1 is 1.33 bits per heavy atom. The van der Waals surface area contributed by atoms with Crippen LogP contribution >= 0.6 is 0 Å². The summed E-state index contributed by atoms with van der Waals surface area (Å²) in [4.78, 5) is 0. The molecule has 0 aliphatic carbocycles. The van der Waals surface area contributed by atoms with Gasteiger partial charge >= 0.3 is 0 Å². The molecule has 0 spiro atoms. The lowest BCUT2D eigenvalue weighted by Crippen LogP contribution is -3.00. The zero-order chi connectivity index (χ0) is 8.16. The van der Waals surface area contributed by atoms with E-state index in [9.17, 15) is 0 Å². The summed E-state index contributed by atoms with van der Waals surface area (Å²) in [5.41, 5.74) is 0. The van der Waals surface area contributed by atoms with Crippen molar-refractivity contribution in [3.63, 3.8) is 0 Å². The van der Waals surface area contributed by atoms with Gasteiger partial charge in [0.05, 0.1) is 26.8 Å². The quantitative estimate of drug-likeness (QED) is 0.528. The molecule has 1 rings (SSSR count).